The van der Waals surface area contributed by atoms with E-state index in [9.17, 15) is 9.59 Å². The van der Waals surface area contributed by atoms with Gasteiger partial charge in [0.1, 0.15) is 6.10 Å². The molecular weight excluding hydrogens is 402 g/mol. The van der Waals surface area contributed by atoms with Crippen molar-refractivity contribution in [1.82, 2.24) is 5.32 Å². The molecule has 3 atom stereocenters. The highest BCUT2D eigenvalue weighted by atomic mass is 16.6. The van der Waals surface area contributed by atoms with Crippen LogP contribution in [-0.2, 0) is 19.1 Å². The van der Waals surface area contributed by atoms with Crippen LogP contribution in [0.5, 0.6) is 0 Å². The Morgan fingerprint density at radius 2 is 2.03 bits per heavy atom. The number of carbonyl (C=O) groups excluding carboxylic acids is 2. The summed E-state index contributed by atoms with van der Waals surface area (Å²) >= 11 is 0. The molecule has 5 nitrogen and oxygen atoms in total. The minimum absolute atomic E-state index is 0.0228. The summed E-state index contributed by atoms with van der Waals surface area (Å²) in [4.78, 5) is 24.6. The van der Waals surface area contributed by atoms with E-state index in [0.29, 0.717) is 19.4 Å². The average molecular weight is 446 g/mol. The zero-order chi connectivity index (χ0) is 23.4. The second-order valence-electron chi connectivity index (χ2n) is 9.16. The van der Waals surface area contributed by atoms with Gasteiger partial charge in [0.05, 0.1) is 6.10 Å². The Balaban J connectivity index is 1.54. The average Bonchev–Trinajstić information content (AvgIpc) is 3.54. The second-order valence-corrected chi connectivity index (χ2v) is 9.16. The molecule has 2 rings (SSSR count). The number of fused-ring (bicyclic) bond motifs is 1. The number of hydrogen-bond donors (Lipinski definition) is 1. The predicted octanol–water partition coefficient (Wildman–Crippen LogP) is 5.60. The van der Waals surface area contributed by atoms with Gasteiger partial charge in [-0.2, -0.15) is 0 Å². The molecule has 1 aliphatic carbocycles. The van der Waals surface area contributed by atoms with Gasteiger partial charge < -0.3 is 14.8 Å². The molecular formula is C27H43NO4. The maximum atomic E-state index is 12.5. The number of Topliss-reactive ketones (excluding diaryl/α,β-unsaturated/α-hetero) is 1. The number of unbranched alkanes of at least 4 members (excludes halogenated alkanes) is 5. The summed E-state index contributed by atoms with van der Waals surface area (Å²) in [6.07, 6.45) is 18.6. The van der Waals surface area contributed by atoms with Crippen molar-refractivity contribution >= 4 is 11.7 Å². The minimum atomic E-state index is -0.820. The van der Waals surface area contributed by atoms with Crippen LogP contribution in [-0.4, -0.2) is 43.2 Å². The van der Waals surface area contributed by atoms with E-state index in [1.165, 1.54) is 38.5 Å². The summed E-state index contributed by atoms with van der Waals surface area (Å²) < 4.78 is 11.3. The van der Waals surface area contributed by atoms with Crippen LogP contribution in [0.25, 0.3) is 0 Å². The van der Waals surface area contributed by atoms with E-state index in [2.05, 4.69) is 31.0 Å². The van der Waals surface area contributed by atoms with Crippen molar-refractivity contribution < 1.29 is 19.1 Å². The molecule has 0 aromatic carbocycles. The Morgan fingerprint density at radius 1 is 1.28 bits per heavy atom. The molecule has 32 heavy (non-hydrogen) atoms. The normalized spacial score (nSPS) is 23.0. The van der Waals surface area contributed by atoms with Crippen molar-refractivity contribution in [3.05, 3.63) is 36.0 Å². The molecule has 0 aromatic rings. The van der Waals surface area contributed by atoms with Gasteiger partial charge in [-0.25, -0.2) is 0 Å². The number of allylic oxidation sites excluding steroid dienone is 1. The van der Waals surface area contributed by atoms with Crippen LogP contribution in [0.2, 0.25) is 0 Å². The van der Waals surface area contributed by atoms with Crippen LogP contribution in [0, 0.1) is 0 Å². The Bertz CT molecular complexity index is 696. The van der Waals surface area contributed by atoms with Gasteiger partial charge in [-0.1, -0.05) is 70.3 Å². The molecule has 0 bridgehead atoms. The predicted molar refractivity (Wildman–Crippen MR) is 130 cm³/mol. The molecule has 0 saturated carbocycles. The monoisotopic (exact) mass is 445 g/mol. The first-order chi connectivity index (χ1) is 15.5. The number of epoxide rings is 1. The first-order valence-electron chi connectivity index (χ1n) is 12.5. The quantitative estimate of drug-likeness (QED) is 0.180. The lowest BCUT2D eigenvalue weighted by Crippen LogP contribution is -2.34. The van der Waals surface area contributed by atoms with Crippen molar-refractivity contribution in [3.8, 4) is 0 Å². The van der Waals surface area contributed by atoms with E-state index < -0.39 is 5.60 Å². The van der Waals surface area contributed by atoms with Crippen LogP contribution in [0.4, 0.5) is 0 Å². The van der Waals surface area contributed by atoms with E-state index in [-0.39, 0.29) is 23.9 Å². The smallest absolute Gasteiger partial charge is 0.220 e. The second kappa shape index (κ2) is 13.7. The number of ether oxygens (including phenoxy) is 2. The van der Waals surface area contributed by atoms with E-state index >= 15 is 0 Å². The van der Waals surface area contributed by atoms with Crippen molar-refractivity contribution in [3.63, 3.8) is 0 Å². The third-order valence-corrected chi connectivity index (χ3v) is 6.65. The highest BCUT2D eigenvalue weighted by Gasteiger charge is 2.64. The van der Waals surface area contributed by atoms with Crippen LogP contribution < -0.4 is 5.32 Å². The summed E-state index contributed by atoms with van der Waals surface area (Å²) in [5, 5.41) is 2.93. The number of methoxy groups -OCH3 is 1. The number of nitrogens with one attached hydrogen (secondary N) is 1. The molecule has 1 aliphatic heterocycles. The summed E-state index contributed by atoms with van der Waals surface area (Å²) in [5.41, 5.74) is 0.703. The van der Waals surface area contributed by atoms with Gasteiger partial charge in [0.15, 0.2) is 11.4 Å². The Labute approximate surface area is 194 Å². The van der Waals surface area contributed by atoms with Gasteiger partial charge in [0.25, 0.3) is 0 Å². The first-order valence-corrected chi connectivity index (χ1v) is 12.5. The van der Waals surface area contributed by atoms with E-state index in [1.54, 1.807) is 7.11 Å². The standard InChI is InChI=1S/C27H43NO4/c1-5-6-7-8-9-11-14-23(31-4)15-12-10-13-16-25(29)28-20-19-22(3)27-24(32-27)18-17-21(2)26(27)30/h10,12,17,23-24H,3,5-9,11,13-16,18-20H2,1-2,4H3,(H,28,29)/b12-10+/t23-,24+,27+/m0/s1. The zero-order valence-corrected chi connectivity index (χ0v) is 20.4. The Kier molecular flexibility index (Phi) is 11.4. The van der Waals surface area contributed by atoms with E-state index in [0.717, 1.165) is 36.8 Å². The summed E-state index contributed by atoms with van der Waals surface area (Å²) in [6, 6.07) is 0. The van der Waals surface area contributed by atoms with Crippen molar-refractivity contribution in [2.45, 2.75) is 109 Å². The lowest BCUT2D eigenvalue weighted by molar-refractivity contribution is -0.121. The number of carbonyl (C=O) groups is 2. The van der Waals surface area contributed by atoms with E-state index in [4.69, 9.17) is 9.47 Å². The van der Waals surface area contributed by atoms with Crippen LogP contribution >= 0.6 is 0 Å². The molecule has 0 spiro atoms. The van der Waals surface area contributed by atoms with Crippen LogP contribution in [0.15, 0.2) is 36.0 Å². The number of rotatable bonds is 17. The SMILES string of the molecule is C=C(CCNC(=O)CC/C=C/C[C@H](CCCCCCCC)OC)[C@@]12O[C@@H]1CC=C(C)C2=O. The van der Waals surface area contributed by atoms with Crippen LogP contribution in [0.1, 0.15) is 90.9 Å². The Hall–Kier alpha value is -1.72. The van der Waals surface area contributed by atoms with Crippen molar-refractivity contribution in [2.24, 2.45) is 0 Å². The van der Waals surface area contributed by atoms with Crippen molar-refractivity contribution in [1.29, 1.82) is 0 Å². The molecule has 2 aliphatic rings. The van der Waals surface area contributed by atoms with Gasteiger partial charge >= 0.3 is 0 Å². The maximum Gasteiger partial charge on any atom is 0.220 e. The number of amides is 1. The fourth-order valence-electron chi connectivity index (χ4n) is 4.44. The molecule has 1 N–H and O–H groups in total. The summed E-state index contributed by atoms with van der Waals surface area (Å²) in [7, 11) is 1.78. The van der Waals surface area contributed by atoms with E-state index in [1.807, 2.05) is 13.0 Å². The topological polar surface area (TPSA) is 67.9 Å². The molecule has 0 radical (unpaired) electrons. The fourth-order valence-corrected chi connectivity index (χ4v) is 4.44. The highest BCUT2D eigenvalue weighted by molar-refractivity contribution is 6.07. The largest absolute Gasteiger partial charge is 0.381 e. The minimum Gasteiger partial charge on any atom is -0.381 e. The van der Waals surface area contributed by atoms with Gasteiger partial charge in [0, 0.05) is 20.1 Å². The lowest BCUT2D eigenvalue weighted by atomic mass is 9.82. The molecule has 180 valence electrons. The number of hydrogen-bond acceptors (Lipinski definition) is 4. The Morgan fingerprint density at radius 3 is 2.78 bits per heavy atom. The third kappa shape index (κ3) is 7.70. The fraction of sp³-hybridized carbons (Fsp3) is 0.704. The summed E-state index contributed by atoms with van der Waals surface area (Å²) in [5.74, 6) is 0.0516. The molecule has 5 heteroatoms. The highest BCUT2D eigenvalue weighted by Crippen LogP contribution is 2.50. The first kappa shape index (κ1) is 26.5. The van der Waals surface area contributed by atoms with Gasteiger partial charge in [-0.05, 0) is 50.2 Å². The summed E-state index contributed by atoms with van der Waals surface area (Å²) in [6.45, 7) is 8.63. The lowest BCUT2D eigenvalue weighted by Gasteiger charge is -2.18. The molecule has 1 amide bonds. The van der Waals surface area contributed by atoms with Gasteiger partial charge in [-0.15, -0.1) is 0 Å². The maximum absolute atomic E-state index is 12.5. The third-order valence-electron chi connectivity index (χ3n) is 6.65. The van der Waals surface area contributed by atoms with Gasteiger partial charge in [-0.3, -0.25) is 9.59 Å². The molecule has 0 unspecified atom stereocenters. The number of ketones is 1. The van der Waals surface area contributed by atoms with Crippen LogP contribution in [0.3, 0.4) is 0 Å². The molecule has 1 saturated heterocycles. The molecule has 1 heterocycles. The zero-order valence-electron chi connectivity index (χ0n) is 20.4. The van der Waals surface area contributed by atoms with Gasteiger partial charge in [0.2, 0.25) is 5.91 Å². The van der Waals surface area contributed by atoms with Crippen molar-refractivity contribution in [2.75, 3.05) is 13.7 Å². The molecule has 0 aromatic heterocycles. The molecule has 1 fully saturated rings.